The van der Waals surface area contributed by atoms with Gasteiger partial charge in [-0.2, -0.15) is 8.78 Å². The third-order valence-electron chi connectivity index (χ3n) is 4.16. The number of carbonyl (C=O) groups excluding carboxylic acids is 1. The number of carbonyl (C=O) groups is 1. The van der Waals surface area contributed by atoms with Crippen molar-refractivity contribution in [2.24, 2.45) is 11.8 Å². The van der Waals surface area contributed by atoms with Crippen LogP contribution in [0.25, 0.3) is 0 Å². The molecule has 1 atom stereocenters. The summed E-state index contributed by atoms with van der Waals surface area (Å²) < 4.78 is 40.0. The molecule has 0 radical (unpaired) electrons. The number of rotatable bonds is 6. The molecule has 2 N–H and O–H groups in total. The summed E-state index contributed by atoms with van der Waals surface area (Å²) in [7, 11) is 0. The Morgan fingerprint density at radius 3 is 2.70 bits per heavy atom. The Bertz CT molecular complexity index is 593. The van der Waals surface area contributed by atoms with E-state index in [0.717, 1.165) is 13.1 Å². The summed E-state index contributed by atoms with van der Waals surface area (Å²) >= 11 is 0. The number of hydrogen-bond acceptors (Lipinski definition) is 5. The maximum atomic E-state index is 12.6. The van der Waals surface area contributed by atoms with Gasteiger partial charge in [-0.25, -0.2) is 0 Å². The number of nitrogens with one attached hydrogen (secondary N) is 2. The summed E-state index contributed by atoms with van der Waals surface area (Å²) in [5.74, 6) is 0.838. The molecule has 1 aromatic rings. The monoisotopic (exact) mass is 328 g/mol. The minimum Gasteiger partial charge on any atom is -0.454 e. The molecule has 1 aromatic carbocycles. The Labute approximate surface area is 132 Å². The molecule has 0 aliphatic carbocycles. The van der Waals surface area contributed by atoms with Gasteiger partial charge in [0.2, 0.25) is 12.7 Å². The summed E-state index contributed by atoms with van der Waals surface area (Å²) in [5.41, 5.74) is 0.418. The lowest BCUT2D eigenvalue weighted by molar-refractivity contribution is -0.126. The van der Waals surface area contributed by atoms with Crippen molar-refractivity contribution < 1.29 is 27.8 Å². The molecular weight excluding hydrogens is 310 g/mol. The second-order valence-corrected chi connectivity index (χ2v) is 5.62. The van der Waals surface area contributed by atoms with Gasteiger partial charge in [-0.05, 0) is 25.1 Å². The SMILES string of the molecule is CC(C(=O)NCc1cc2c(cc1OC(F)F)OCO2)C1CNC1. The van der Waals surface area contributed by atoms with Crippen LogP contribution in [-0.2, 0) is 11.3 Å². The maximum Gasteiger partial charge on any atom is 0.387 e. The van der Waals surface area contributed by atoms with Crippen LogP contribution in [-0.4, -0.2) is 32.4 Å². The van der Waals surface area contributed by atoms with Gasteiger partial charge in [0.05, 0.1) is 0 Å². The highest BCUT2D eigenvalue weighted by Gasteiger charge is 2.29. The molecule has 0 saturated carbocycles. The van der Waals surface area contributed by atoms with Gasteiger partial charge in [-0.3, -0.25) is 4.79 Å². The maximum absolute atomic E-state index is 12.6. The molecule has 3 rings (SSSR count). The highest BCUT2D eigenvalue weighted by Crippen LogP contribution is 2.38. The molecule has 0 bridgehead atoms. The number of hydrogen-bond donors (Lipinski definition) is 2. The van der Waals surface area contributed by atoms with Gasteiger partial charge in [0.1, 0.15) is 5.75 Å². The first-order valence-corrected chi connectivity index (χ1v) is 7.40. The summed E-state index contributed by atoms with van der Waals surface area (Å²) in [6.45, 7) is 0.658. The third kappa shape index (κ3) is 3.47. The van der Waals surface area contributed by atoms with Crippen LogP contribution in [0.15, 0.2) is 12.1 Å². The molecule has 1 amide bonds. The molecule has 1 saturated heterocycles. The standard InChI is InChI=1S/C15H18F2N2O4/c1-8(10-4-18-5-10)14(20)19-6-9-2-12-13(22-7-21-12)3-11(9)23-15(16)17/h2-3,8,10,15,18H,4-7H2,1H3,(H,19,20). The first-order valence-electron chi connectivity index (χ1n) is 7.40. The molecule has 0 aromatic heterocycles. The van der Waals surface area contributed by atoms with E-state index >= 15 is 0 Å². The van der Waals surface area contributed by atoms with Crippen molar-refractivity contribution >= 4 is 5.91 Å². The number of halogens is 2. The van der Waals surface area contributed by atoms with E-state index in [-0.39, 0.29) is 30.9 Å². The van der Waals surface area contributed by atoms with Crippen LogP contribution in [0.5, 0.6) is 17.2 Å². The van der Waals surface area contributed by atoms with Crippen LogP contribution in [0.2, 0.25) is 0 Å². The average molecular weight is 328 g/mol. The molecule has 8 heteroatoms. The van der Waals surface area contributed by atoms with Crippen LogP contribution in [0.3, 0.4) is 0 Å². The lowest BCUT2D eigenvalue weighted by Gasteiger charge is -2.31. The first-order chi connectivity index (χ1) is 11.0. The normalized spacial score (nSPS) is 17.7. The summed E-state index contributed by atoms with van der Waals surface area (Å²) in [6, 6.07) is 2.91. The van der Waals surface area contributed by atoms with Gasteiger partial charge < -0.3 is 24.8 Å². The van der Waals surface area contributed by atoms with Crippen LogP contribution >= 0.6 is 0 Å². The molecule has 1 unspecified atom stereocenters. The lowest BCUT2D eigenvalue weighted by Crippen LogP contribution is -2.49. The van der Waals surface area contributed by atoms with Crippen LogP contribution in [0.1, 0.15) is 12.5 Å². The molecule has 126 valence electrons. The molecule has 2 aliphatic rings. The van der Waals surface area contributed by atoms with Gasteiger partial charge in [0, 0.05) is 24.1 Å². The van der Waals surface area contributed by atoms with Crippen LogP contribution in [0.4, 0.5) is 8.78 Å². The lowest BCUT2D eigenvalue weighted by atomic mass is 9.88. The number of alkyl halides is 2. The van der Waals surface area contributed by atoms with E-state index in [9.17, 15) is 13.6 Å². The Hall–Kier alpha value is -2.09. The van der Waals surface area contributed by atoms with E-state index in [1.165, 1.54) is 6.07 Å². The zero-order valence-corrected chi connectivity index (χ0v) is 12.6. The second kappa shape index (κ2) is 6.57. The van der Waals surface area contributed by atoms with Gasteiger partial charge in [0.25, 0.3) is 0 Å². The molecular formula is C15H18F2N2O4. The van der Waals surface area contributed by atoms with Gasteiger partial charge in [-0.15, -0.1) is 0 Å². The largest absolute Gasteiger partial charge is 0.454 e. The molecule has 1 fully saturated rings. The van der Waals surface area contributed by atoms with Crippen molar-refractivity contribution in [3.63, 3.8) is 0 Å². The van der Waals surface area contributed by atoms with Crippen molar-refractivity contribution in [3.05, 3.63) is 17.7 Å². The fourth-order valence-corrected chi connectivity index (χ4v) is 2.53. The molecule has 2 heterocycles. The van der Waals surface area contributed by atoms with Crippen LogP contribution < -0.4 is 24.8 Å². The smallest absolute Gasteiger partial charge is 0.387 e. The molecule has 23 heavy (non-hydrogen) atoms. The highest BCUT2D eigenvalue weighted by atomic mass is 19.3. The number of fused-ring (bicyclic) bond motifs is 1. The van der Waals surface area contributed by atoms with Crippen molar-refractivity contribution in [1.29, 1.82) is 0 Å². The summed E-state index contributed by atoms with van der Waals surface area (Å²) in [4.78, 5) is 12.1. The number of amides is 1. The molecule has 0 spiro atoms. The number of ether oxygens (including phenoxy) is 3. The van der Waals surface area contributed by atoms with E-state index in [0.29, 0.717) is 23.0 Å². The fraction of sp³-hybridized carbons (Fsp3) is 0.533. The molecule has 6 nitrogen and oxygen atoms in total. The van der Waals surface area contributed by atoms with E-state index in [4.69, 9.17) is 9.47 Å². The predicted molar refractivity (Wildman–Crippen MR) is 76.6 cm³/mol. The Morgan fingerprint density at radius 1 is 1.39 bits per heavy atom. The zero-order valence-electron chi connectivity index (χ0n) is 12.6. The predicted octanol–water partition coefficient (Wildman–Crippen LogP) is 1.49. The van der Waals surface area contributed by atoms with E-state index in [1.54, 1.807) is 6.07 Å². The second-order valence-electron chi connectivity index (χ2n) is 5.62. The van der Waals surface area contributed by atoms with Crippen molar-refractivity contribution in [1.82, 2.24) is 10.6 Å². The third-order valence-corrected chi connectivity index (χ3v) is 4.16. The average Bonchev–Trinajstić information content (AvgIpc) is 2.88. The van der Waals surface area contributed by atoms with Gasteiger partial charge >= 0.3 is 6.61 Å². The Kier molecular flexibility index (Phi) is 4.51. The highest BCUT2D eigenvalue weighted by molar-refractivity contribution is 5.78. The minimum absolute atomic E-state index is 0.0255. The quantitative estimate of drug-likeness (QED) is 0.828. The van der Waals surface area contributed by atoms with Crippen molar-refractivity contribution in [3.8, 4) is 17.2 Å². The van der Waals surface area contributed by atoms with E-state index in [2.05, 4.69) is 15.4 Å². The Balaban J connectivity index is 1.69. The van der Waals surface area contributed by atoms with Gasteiger partial charge in [-0.1, -0.05) is 6.92 Å². The molecule has 2 aliphatic heterocycles. The summed E-state index contributed by atoms with van der Waals surface area (Å²) in [5, 5.41) is 5.88. The van der Waals surface area contributed by atoms with Gasteiger partial charge in [0.15, 0.2) is 11.5 Å². The topological polar surface area (TPSA) is 68.8 Å². The van der Waals surface area contributed by atoms with Crippen molar-refractivity contribution in [2.45, 2.75) is 20.1 Å². The van der Waals surface area contributed by atoms with Crippen LogP contribution in [0, 0.1) is 11.8 Å². The first kappa shape index (κ1) is 15.8. The number of benzene rings is 1. The minimum atomic E-state index is -2.95. The Morgan fingerprint density at radius 2 is 2.09 bits per heavy atom. The summed E-state index contributed by atoms with van der Waals surface area (Å²) in [6.07, 6.45) is 0. The van der Waals surface area contributed by atoms with Crippen molar-refractivity contribution in [2.75, 3.05) is 19.9 Å². The fourth-order valence-electron chi connectivity index (χ4n) is 2.53. The zero-order chi connectivity index (χ0) is 16.4. The van der Waals surface area contributed by atoms with E-state index in [1.807, 2.05) is 6.92 Å². The van der Waals surface area contributed by atoms with E-state index < -0.39 is 6.61 Å².